The molecule has 102 valence electrons. The Hall–Kier alpha value is -0.160. The molecule has 0 unspecified atom stereocenters. The van der Waals surface area contributed by atoms with Crippen molar-refractivity contribution in [2.24, 2.45) is 0 Å². The van der Waals surface area contributed by atoms with Gasteiger partial charge in [0.05, 0.1) is 32.5 Å². The van der Waals surface area contributed by atoms with Crippen LogP contribution in [-0.2, 0) is 9.47 Å². The predicted molar refractivity (Wildman–Crippen MR) is 68.2 cm³/mol. The smallest absolute Gasteiger partial charge is 0.0704 e. The Morgan fingerprint density at radius 3 is 2.53 bits per heavy atom. The molecule has 1 aliphatic rings. The van der Waals surface area contributed by atoms with Crippen molar-refractivity contribution in [3.63, 3.8) is 0 Å². The lowest BCUT2D eigenvalue weighted by molar-refractivity contribution is -0.0184. The quantitative estimate of drug-likeness (QED) is 0.602. The monoisotopic (exact) mass is 245 g/mol. The highest BCUT2D eigenvalue weighted by Crippen LogP contribution is 2.21. The summed E-state index contributed by atoms with van der Waals surface area (Å²) in [5.41, 5.74) is 0. The Morgan fingerprint density at radius 2 is 1.88 bits per heavy atom. The van der Waals surface area contributed by atoms with E-state index in [9.17, 15) is 0 Å². The summed E-state index contributed by atoms with van der Waals surface area (Å²) in [6, 6.07) is 0.695. The van der Waals surface area contributed by atoms with Crippen molar-refractivity contribution in [3.8, 4) is 0 Å². The van der Waals surface area contributed by atoms with Crippen molar-refractivity contribution >= 4 is 0 Å². The van der Waals surface area contributed by atoms with E-state index in [1.54, 1.807) is 0 Å². The molecule has 0 bridgehead atoms. The van der Waals surface area contributed by atoms with E-state index in [0.29, 0.717) is 32.0 Å². The third-order valence-electron chi connectivity index (χ3n) is 3.17. The normalized spacial score (nSPS) is 25.1. The molecular formula is C13H27NO3. The van der Waals surface area contributed by atoms with E-state index >= 15 is 0 Å². The van der Waals surface area contributed by atoms with Gasteiger partial charge in [-0.25, -0.2) is 0 Å². The van der Waals surface area contributed by atoms with Crippen LogP contribution in [-0.4, -0.2) is 50.2 Å². The number of aliphatic hydroxyl groups excluding tert-OH is 1. The zero-order valence-corrected chi connectivity index (χ0v) is 11.0. The third kappa shape index (κ3) is 6.99. The highest BCUT2D eigenvalue weighted by molar-refractivity contribution is 4.77. The van der Waals surface area contributed by atoms with Crippen LogP contribution in [0.2, 0.25) is 0 Å². The number of nitrogens with one attached hydrogen (secondary N) is 1. The van der Waals surface area contributed by atoms with Gasteiger partial charge in [-0.2, -0.15) is 0 Å². The third-order valence-corrected chi connectivity index (χ3v) is 3.17. The molecule has 0 radical (unpaired) electrons. The van der Waals surface area contributed by atoms with Gasteiger partial charge in [0.1, 0.15) is 0 Å². The van der Waals surface area contributed by atoms with Crippen molar-refractivity contribution in [1.29, 1.82) is 0 Å². The van der Waals surface area contributed by atoms with Gasteiger partial charge in [-0.1, -0.05) is 6.92 Å². The highest BCUT2D eigenvalue weighted by atomic mass is 16.5. The van der Waals surface area contributed by atoms with Crippen LogP contribution in [0.3, 0.4) is 0 Å². The molecule has 0 amide bonds. The zero-order valence-electron chi connectivity index (χ0n) is 11.0. The first-order valence-electron chi connectivity index (χ1n) is 6.90. The Kier molecular flexibility index (Phi) is 8.61. The second-order valence-corrected chi connectivity index (χ2v) is 4.63. The number of rotatable bonds is 9. The van der Waals surface area contributed by atoms with E-state index in [1.807, 2.05) is 0 Å². The van der Waals surface area contributed by atoms with Crippen molar-refractivity contribution in [3.05, 3.63) is 0 Å². The molecule has 4 nitrogen and oxygen atoms in total. The van der Waals surface area contributed by atoms with Gasteiger partial charge >= 0.3 is 0 Å². The molecule has 0 atom stereocenters. The van der Waals surface area contributed by atoms with Crippen LogP contribution >= 0.6 is 0 Å². The van der Waals surface area contributed by atoms with Gasteiger partial charge in [0.25, 0.3) is 0 Å². The molecular weight excluding hydrogens is 218 g/mol. The lowest BCUT2D eigenvalue weighted by atomic mass is 9.93. The van der Waals surface area contributed by atoms with Crippen LogP contribution in [0.4, 0.5) is 0 Å². The summed E-state index contributed by atoms with van der Waals surface area (Å²) in [4.78, 5) is 0. The van der Waals surface area contributed by atoms with Gasteiger partial charge in [-0.15, -0.1) is 0 Å². The Labute approximate surface area is 105 Å². The first kappa shape index (κ1) is 14.9. The maximum Gasteiger partial charge on any atom is 0.0704 e. The summed E-state index contributed by atoms with van der Waals surface area (Å²) in [6.45, 7) is 5.08. The van der Waals surface area contributed by atoms with Gasteiger partial charge in [0.2, 0.25) is 0 Å². The lowest BCUT2D eigenvalue weighted by Crippen LogP contribution is -2.36. The van der Waals surface area contributed by atoms with Gasteiger partial charge in [0, 0.05) is 6.04 Å². The van der Waals surface area contributed by atoms with E-state index in [4.69, 9.17) is 14.6 Å². The van der Waals surface area contributed by atoms with Gasteiger partial charge in [0.15, 0.2) is 0 Å². The van der Waals surface area contributed by atoms with Crippen molar-refractivity contribution in [2.45, 2.75) is 51.2 Å². The summed E-state index contributed by atoms with van der Waals surface area (Å²) in [5.74, 6) is 0. The van der Waals surface area contributed by atoms with Crippen LogP contribution in [0.15, 0.2) is 0 Å². The molecule has 1 fully saturated rings. The number of aliphatic hydroxyl groups is 1. The first-order chi connectivity index (χ1) is 8.36. The van der Waals surface area contributed by atoms with Crippen LogP contribution in [0.25, 0.3) is 0 Å². The topological polar surface area (TPSA) is 50.7 Å². The molecule has 0 saturated heterocycles. The average molecular weight is 245 g/mol. The maximum absolute atomic E-state index is 8.54. The molecule has 0 heterocycles. The molecule has 17 heavy (non-hydrogen) atoms. The minimum atomic E-state index is 0.0915. The first-order valence-corrected chi connectivity index (χ1v) is 6.90. The lowest BCUT2D eigenvalue weighted by Gasteiger charge is -2.29. The zero-order chi connectivity index (χ0) is 12.3. The molecule has 4 heteroatoms. The van der Waals surface area contributed by atoms with Crippen LogP contribution in [0, 0.1) is 0 Å². The largest absolute Gasteiger partial charge is 0.394 e. The standard InChI is InChI=1S/C13H27NO3/c1-2-7-14-12-3-5-13(6-4-12)17-11-10-16-9-8-15/h12-15H,2-11H2,1H3. The molecule has 0 aromatic heterocycles. The van der Waals surface area contributed by atoms with Gasteiger partial charge < -0.3 is 19.9 Å². The van der Waals surface area contributed by atoms with Crippen LogP contribution < -0.4 is 5.32 Å². The summed E-state index contributed by atoms with van der Waals surface area (Å²) in [6.07, 6.45) is 6.37. The minimum absolute atomic E-state index is 0.0915. The second kappa shape index (κ2) is 9.83. The molecule has 1 saturated carbocycles. The predicted octanol–water partition coefficient (Wildman–Crippen LogP) is 1.32. The average Bonchev–Trinajstić information content (AvgIpc) is 2.37. The maximum atomic E-state index is 8.54. The summed E-state index contributed by atoms with van der Waals surface area (Å²) in [5, 5.41) is 12.1. The molecule has 0 spiro atoms. The number of hydrogen-bond donors (Lipinski definition) is 2. The Bertz CT molecular complexity index is 167. The summed E-state index contributed by atoms with van der Waals surface area (Å²) in [7, 11) is 0. The fourth-order valence-corrected chi connectivity index (χ4v) is 2.22. The van der Waals surface area contributed by atoms with Gasteiger partial charge in [-0.3, -0.25) is 0 Å². The molecule has 2 N–H and O–H groups in total. The van der Waals surface area contributed by atoms with Crippen LogP contribution in [0.1, 0.15) is 39.0 Å². The van der Waals surface area contributed by atoms with E-state index < -0.39 is 0 Å². The SMILES string of the molecule is CCCNC1CCC(OCCOCCO)CC1. The van der Waals surface area contributed by atoms with E-state index in [1.165, 1.54) is 19.3 Å². The van der Waals surface area contributed by atoms with Crippen molar-refractivity contribution in [1.82, 2.24) is 5.32 Å². The molecule has 0 aliphatic heterocycles. The second-order valence-electron chi connectivity index (χ2n) is 4.63. The molecule has 0 aromatic carbocycles. The molecule has 1 rings (SSSR count). The van der Waals surface area contributed by atoms with Crippen molar-refractivity contribution in [2.75, 3.05) is 33.0 Å². The van der Waals surface area contributed by atoms with Crippen LogP contribution in [0.5, 0.6) is 0 Å². The fourth-order valence-electron chi connectivity index (χ4n) is 2.22. The minimum Gasteiger partial charge on any atom is -0.394 e. The van der Waals surface area contributed by atoms with Crippen molar-refractivity contribution < 1.29 is 14.6 Å². The van der Waals surface area contributed by atoms with E-state index in [-0.39, 0.29) is 6.61 Å². The summed E-state index contributed by atoms with van der Waals surface area (Å²) < 4.78 is 10.9. The summed E-state index contributed by atoms with van der Waals surface area (Å²) >= 11 is 0. The molecule has 1 aliphatic carbocycles. The fraction of sp³-hybridized carbons (Fsp3) is 1.00. The van der Waals surface area contributed by atoms with E-state index in [0.717, 1.165) is 19.4 Å². The van der Waals surface area contributed by atoms with Gasteiger partial charge in [-0.05, 0) is 38.6 Å². The Balaban J connectivity index is 1.95. The Morgan fingerprint density at radius 1 is 1.12 bits per heavy atom. The van der Waals surface area contributed by atoms with E-state index in [2.05, 4.69) is 12.2 Å². The number of ether oxygens (including phenoxy) is 2. The number of hydrogen-bond acceptors (Lipinski definition) is 4. The highest BCUT2D eigenvalue weighted by Gasteiger charge is 2.20. The molecule has 0 aromatic rings.